The van der Waals surface area contributed by atoms with E-state index in [-0.39, 0.29) is 12.2 Å². The Morgan fingerprint density at radius 1 is 1.00 bits per heavy atom. The molecule has 0 amide bonds. The third-order valence-electron chi connectivity index (χ3n) is 4.75. The first kappa shape index (κ1) is 13.8. The number of ketones is 1. The summed E-state index contributed by atoms with van der Waals surface area (Å²) in [6.45, 7) is 1.29. The van der Waals surface area contributed by atoms with Crippen LogP contribution in [0.1, 0.15) is 47.9 Å². The molecule has 3 saturated heterocycles. The van der Waals surface area contributed by atoms with Crippen molar-refractivity contribution in [2.75, 3.05) is 13.2 Å². The minimum Gasteiger partial charge on any atom is -0.346 e. The summed E-state index contributed by atoms with van der Waals surface area (Å²) in [6.07, 6.45) is 4.48. The van der Waals surface area contributed by atoms with Gasteiger partial charge in [0.05, 0.1) is 13.2 Å². The van der Waals surface area contributed by atoms with E-state index in [1.54, 1.807) is 0 Å². The lowest BCUT2D eigenvalue weighted by molar-refractivity contribution is -0.0441. The molecule has 21 heavy (non-hydrogen) atoms. The van der Waals surface area contributed by atoms with Crippen LogP contribution in [-0.4, -0.2) is 29.5 Å². The lowest BCUT2D eigenvalue weighted by Crippen LogP contribution is -2.24. The van der Waals surface area contributed by atoms with Crippen molar-refractivity contribution in [3.05, 3.63) is 35.4 Å². The second-order valence-corrected chi connectivity index (χ2v) is 7.79. The van der Waals surface area contributed by atoms with Crippen LogP contribution >= 0.6 is 11.8 Å². The number of hydrogen-bond acceptors (Lipinski definition) is 4. The van der Waals surface area contributed by atoms with Crippen molar-refractivity contribution < 1.29 is 14.3 Å². The summed E-state index contributed by atoms with van der Waals surface area (Å²) < 4.78 is 11.0. The molecule has 3 heterocycles. The van der Waals surface area contributed by atoms with E-state index in [4.69, 9.17) is 9.47 Å². The molecule has 3 aliphatic rings. The largest absolute Gasteiger partial charge is 0.346 e. The topological polar surface area (TPSA) is 35.5 Å². The molecule has 112 valence electrons. The summed E-state index contributed by atoms with van der Waals surface area (Å²) in [6, 6.07) is 7.81. The van der Waals surface area contributed by atoms with Crippen molar-refractivity contribution >= 4 is 17.5 Å². The van der Waals surface area contributed by atoms with Crippen LogP contribution in [0.15, 0.2) is 24.3 Å². The van der Waals surface area contributed by atoms with Crippen molar-refractivity contribution in [3.8, 4) is 0 Å². The van der Waals surface area contributed by atoms with Crippen LogP contribution in [0.2, 0.25) is 0 Å². The van der Waals surface area contributed by atoms with Crippen molar-refractivity contribution in [1.29, 1.82) is 0 Å². The summed E-state index contributed by atoms with van der Waals surface area (Å²) in [5, 5.41) is 1.44. The normalized spacial score (nSPS) is 32.5. The molecule has 3 aliphatic heterocycles. The van der Waals surface area contributed by atoms with Crippen LogP contribution in [0.4, 0.5) is 0 Å². The predicted octanol–water partition coefficient (Wildman–Crippen LogP) is 3.59. The van der Waals surface area contributed by atoms with Crippen molar-refractivity contribution in [1.82, 2.24) is 0 Å². The average Bonchev–Trinajstić information content (AvgIpc) is 3.17. The summed E-state index contributed by atoms with van der Waals surface area (Å²) in [5.41, 5.74) is 1.84. The minimum absolute atomic E-state index is 0.230. The van der Waals surface area contributed by atoms with E-state index in [1.807, 2.05) is 24.3 Å². The van der Waals surface area contributed by atoms with E-state index in [1.165, 1.54) is 12.8 Å². The molecule has 1 aromatic rings. The van der Waals surface area contributed by atoms with Gasteiger partial charge in [0.1, 0.15) is 0 Å². The molecule has 0 aromatic heterocycles. The van der Waals surface area contributed by atoms with Gasteiger partial charge in [0, 0.05) is 27.5 Å². The molecule has 2 unspecified atom stereocenters. The SMILES string of the molecule is O=C(c1ccc(C2OCCO2)cc1)C1CC2CCC(C1)S2. The Morgan fingerprint density at radius 3 is 2.24 bits per heavy atom. The number of Topliss-reactive ketones (excluding diaryl/α,β-unsaturated/α-hetero) is 1. The van der Waals surface area contributed by atoms with Gasteiger partial charge in [-0.05, 0) is 25.7 Å². The molecule has 1 aromatic carbocycles. The molecule has 0 radical (unpaired) electrons. The Balaban J connectivity index is 1.46. The van der Waals surface area contributed by atoms with Crippen molar-refractivity contribution in [2.45, 2.75) is 42.5 Å². The Hall–Kier alpha value is -0.840. The zero-order valence-corrected chi connectivity index (χ0v) is 12.8. The summed E-state index contributed by atoms with van der Waals surface area (Å²) in [5.74, 6) is 0.556. The van der Waals surface area contributed by atoms with Gasteiger partial charge in [0.25, 0.3) is 0 Å². The number of ether oxygens (including phenoxy) is 2. The molecule has 0 spiro atoms. The maximum atomic E-state index is 12.7. The van der Waals surface area contributed by atoms with Gasteiger partial charge >= 0.3 is 0 Å². The molecule has 0 aliphatic carbocycles. The highest BCUT2D eigenvalue weighted by molar-refractivity contribution is 8.00. The molecule has 0 saturated carbocycles. The third kappa shape index (κ3) is 2.77. The second kappa shape index (κ2) is 5.75. The fourth-order valence-electron chi connectivity index (χ4n) is 3.66. The fourth-order valence-corrected chi connectivity index (χ4v) is 5.44. The Kier molecular flexibility index (Phi) is 3.78. The van der Waals surface area contributed by atoms with Gasteiger partial charge in [-0.3, -0.25) is 4.79 Å². The van der Waals surface area contributed by atoms with Gasteiger partial charge < -0.3 is 9.47 Å². The van der Waals surface area contributed by atoms with Crippen LogP contribution in [0.3, 0.4) is 0 Å². The number of carbonyl (C=O) groups is 1. The molecule has 4 heteroatoms. The van der Waals surface area contributed by atoms with E-state index >= 15 is 0 Å². The molecule has 2 atom stereocenters. The fraction of sp³-hybridized carbons (Fsp3) is 0.588. The summed E-state index contributed by atoms with van der Waals surface area (Å²) in [7, 11) is 0. The predicted molar refractivity (Wildman–Crippen MR) is 82.5 cm³/mol. The number of benzene rings is 1. The number of rotatable bonds is 3. The Morgan fingerprint density at radius 2 is 1.62 bits per heavy atom. The highest BCUT2D eigenvalue weighted by Crippen LogP contribution is 2.46. The number of carbonyl (C=O) groups excluding carboxylic acids is 1. The highest BCUT2D eigenvalue weighted by Gasteiger charge is 2.37. The Bertz CT molecular complexity index is 509. The third-order valence-corrected chi connectivity index (χ3v) is 6.38. The molecule has 4 rings (SSSR count). The van der Waals surface area contributed by atoms with Gasteiger partial charge in [-0.25, -0.2) is 0 Å². The van der Waals surface area contributed by atoms with E-state index in [0.717, 1.165) is 34.5 Å². The van der Waals surface area contributed by atoms with Crippen LogP contribution in [0.25, 0.3) is 0 Å². The number of fused-ring (bicyclic) bond motifs is 2. The summed E-state index contributed by atoms with van der Waals surface area (Å²) >= 11 is 2.10. The number of hydrogen-bond donors (Lipinski definition) is 0. The standard InChI is InChI=1S/C17H20O3S/c18-16(13-9-14-5-6-15(10-13)21-14)11-1-3-12(4-2-11)17-19-7-8-20-17/h1-4,13-15,17H,5-10H2. The van der Waals surface area contributed by atoms with Gasteiger partial charge in [0.2, 0.25) is 0 Å². The van der Waals surface area contributed by atoms with Gasteiger partial charge in [0.15, 0.2) is 12.1 Å². The first-order valence-corrected chi connectivity index (χ1v) is 8.77. The molecule has 3 nitrogen and oxygen atoms in total. The lowest BCUT2D eigenvalue weighted by Gasteiger charge is -2.26. The van der Waals surface area contributed by atoms with E-state index in [2.05, 4.69) is 11.8 Å². The zero-order chi connectivity index (χ0) is 14.2. The van der Waals surface area contributed by atoms with Gasteiger partial charge in [-0.1, -0.05) is 24.3 Å². The quantitative estimate of drug-likeness (QED) is 0.800. The van der Waals surface area contributed by atoms with Crippen LogP contribution in [-0.2, 0) is 9.47 Å². The monoisotopic (exact) mass is 304 g/mol. The zero-order valence-electron chi connectivity index (χ0n) is 12.0. The first-order chi connectivity index (χ1) is 10.3. The summed E-state index contributed by atoms with van der Waals surface area (Å²) in [4.78, 5) is 12.7. The van der Waals surface area contributed by atoms with Gasteiger partial charge in [-0.2, -0.15) is 11.8 Å². The van der Waals surface area contributed by atoms with E-state index in [0.29, 0.717) is 19.0 Å². The Labute approximate surface area is 129 Å². The maximum Gasteiger partial charge on any atom is 0.184 e. The van der Waals surface area contributed by atoms with E-state index in [9.17, 15) is 4.79 Å². The van der Waals surface area contributed by atoms with Crippen LogP contribution in [0.5, 0.6) is 0 Å². The molecular weight excluding hydrogens is 284 g/mol. The second-order valence-electron chi connectivity index (χ2n) is 6.19. The van der Waals surface area contributed by atoms with Crippen LogP contribution < -0.4 is 0 Å². The highest BCUT2D eigenvalue weighted by atomic mass is 32.2. The van der Waals surface area contributed by atoms with Crippen LogP contribution in [0, 0.1) is 5.92 Å². The number of thioether (sulfide) groups is 1. The lowest BCUT2D eigenvalue weighted by atomic mass is 9.90. The molecule has 2 bridgehead atoms. The first-order valence-electron chi connectivity index (χ1n) is 7.82. The minimum atomic E-state index is -0.254. The molecule has 0 N–H and O–H groups in total. The van der Waals surface area contributed by atoms with Crippen molar-refractivity contribution in [3.63, 3.8) is 0 Å². The molecular formula is C17H20O3S. The molecule has 3 fully saturated rings. The van der Waals surface area contributed by atoms with E-state index < -0.39 is 0 Å². The smallest absolute Gasteiger partial charge is 0.184 e. The average molecular weight is 304 g/mol. The maximum absolute atomic E-state index is 12.7. The van der Waals surface area contributed by atoms with Gasteiger partial charge in [-0.15, -0.1) is 0 Å². The van der Waals surface area contributed by atoms with Crippen molar-refractivity contribution in [2.24, 2.45) is 5.92 Å².